The van der Waals surface area contributed by atoms with Crippen molar-refractivity contribution in [2.24, 2.45) is 5.10 Å². The zero-order valence-corrected chi connectivity index (χ0v) is 15.4. The van der Waals surface area contributed by atoms with E-state index < -0.39 is 6.23 Å². The molecule has 1 atom stereocenters. The van der Waals surface area contributed by atoms with Crippen molar-refractivity contribution in [1.29, 1.82) is 0 Å². The summed E-state index contributed by atoms with van der Waals surface area (Å²) in [7, 11) is 1.61. The Morgan fingerprint density at radius 2 is 1.80 bits per heavy atom. The number of hydrazone groups is 1. The van der Waals surface area contributed by atoms with E-state index in [0.29, 0.717) is 11.6 Å². The second kappa shape index (κ2) is 7.57. The minimum atomic E-state index is -0.613. The van der Waals surface area contributed by atoms with Crippen LogP contribution in [0.25, 0.3) is 0 Å². The number of hydrogen-bond acceptors (Lipinski definition) is 5. The molecule has 0 unspecified atom stereocenters. The normalized spacial score (nSPS) is 16.2. The van der Waals surface area contributed by atoms with Crippen LogP contribution in [0.5, 0.6) is 11.5 Å². The van der Waals surface area contributed by atoms with Gasteiger partial charge in [0.05, 0.1) is 7.11 Å². The summed E-state index contributed by atoms with van der Waals surface area (Å²) in [6, 6.07) is 14.7. The molecule has 6 nitrogen and oxygen atoms in total. The molecule has 3 rings (SSSR count). The summed E-state index contributed by atoms with van der Waals surface area (Å²) in [6.45, 7) is 1.60. The highest BCUT2D eigenvalue weighted by Gasteiger charge is 2.32. The Bertz CT molecular complexity index is 775. The van der Waals surface area contributed by atoms with Gasteiger partial charge in [0, 0.05) is 17.0 Å². The van der Waals surface area contributed by atoms with E-state index in [1.54, 1.807) is 31.4 Å². The van der Waals surface area contributed by atoms with Crippen LogP contribution in [0, 0.1) is 0 Å². The Hall–Kier alpha value is -2.54. The van der Waals surface area contributed by atoms with Crippen LogP contribution in [-0.2, 0) is 9.53 Å². The molecule has 2 aromatic rings. The van der Waals surface area contributed by atoms with Crippen molar-refractivity contribution in [3.8, 4) is 11.5 Å². The molecule has 2 aromatic carbocycles. The summed E-state index contributed by atoms with van der Waals surface area (Å²) in [5, 5.41) is 5.56. The molecule has 1 amide bonds. The van der Waals surface area contributed by atoms with Gasteiger partial charge in [-0.3, -0.25) is 4.79 Å². The molecule has 0 N–H and O–H groups in total. The smallest absolute Gasteiger partial charge is 0.243 e. The van der Waals surface area contributed by atoms with E-state index in [2.05, 4.69) is 21.0 Å². The van der Waals surface area contributed by atoms with Crippen LogP contribution in [0.3, 0.4) is 0 Å². The van der Waals surface area contributed by atoms with Crippen molar-refractivity contribution >= 4 is 27.7 Å². The van der Waals surface area contributed by atoms with Crippen molar-refractivity contribution < 1.29 is 19.0 Å². The number of halogens is 1. The van der Waals surface area contributed by atoms with Crippen molar-refractivity contribution in [2.45, 2.75) is 13.2 Å². The molecule has 0 aromatic heterocycles. The van der Waals surface area contributed by atoms with Crippen LogP contribution in [0.2, 0.25) is 0 Å². The maximum atomic E-state index is 11.8. The van der Waals surface area contributed by atoms with Gasteiger partial charge in [-0.1, -0.05) is 15.9 Å². The molecule has 0 saturated heterocycles. The van der Waals surface area contributed by atoms with Gasteiger partial charge < -0.3 is 14.2 Å². The Morgan fingerprint density at radius 1 is 1.16 bits per heavy atom. The van der Waals surface area contributed by atoms with Crippen LogP contribution in [-0.4, -0.2) is 36.8 Å². The van der Waals surface area contributed by atoms with Crippen molar-refractivity contribution in [2.75, 3.05) is 13.7 Å². The van der Waals surface area contributed by atoms with Crippen molar-refractivity contribution in [3.05, 3.63) is 58.6 Å². The summed E-state index contributed by atoms with van der Waals surface area (Å²) in [6.07, 6.45) is -0.613. The van der Waals surface area contributed by atoms with Crippen molar-refractivity contribution in [3.63, 3.8) is 0 Å². The third kappa shape index (κ3) is 4.11. The van der Waals surface area contributed by atoms with E-state index in [4.69, 9.17) is 14.2 Å². The zero-order valence-electron chi connectivity index (χ0n) is 13.8. The van der Waals surface area contributed by atoms with Crippen LogP contribution in [0.4, 0.5) is 0 Å². The lowest BCUT2D eigenvalue weighted by Crippen LogP contribution is -2.36. The van der Waals surface area contributed by atoms with E-state index in [-0.39, 0.29) is 12.5 Å². The van der Waals surface area contributed by atoms with Gasteiger partial charge in [-0.05, 0) is 48.5 Å². The van der Waals surface area contributed by atoms with Crippen LogP contribution >= 0.6 is 15.9 Å². The number of nitrogens with zero attached hydrogens (tertiary/aromatic N) is 2. The third-order valence-corrected chi connectivity index (χ3v) is 4.11. The number of carbonyl (C=O) groups is 1. The first kappa shape index (κ1) is 17.3. The highest BCUT2D eigenvalue weighted by molar-refractivity contribution is 9.10. The topological polar surface area (TPSA) is 60.4 Å². The number of ether oxygens (including phenoxy) is 3. The average molecular weight is 405 g/mol. The Kier molecular flexibility index (Phi) is 5.23. The lowest BCUT2D eigenvalue weighted by atomic mass is 10.2. The number of hydrogen-bond donors (Lipinski definition) is 0. The molecule has 0 radical (unpaired) electrons. The molecule has 0 fully saturated rings. The van der Waals surface area contributed by atoms with Crippen LogP contribution in [0.15, 0.2) is 58.1 Å². The van der Waals surface area contributed by atoms with E-state index in [1.165, 1.54) is 11.9 Å². The minimum Gasteiger partial charge on any atom is -0.497 e. The molecule has 0 spiro atoms. The van der Waals surface area contributed by atoms with Crippen molar-refractivity contribution in [1.82, 2.24) is 5.01 Å². The fraction of sp³-hybridized carbons (Fsp3) is 0.222. The first-order valence-electron chi connectivity index (χ1n) is 7.64. The van der Waals surface area contributed by atoms with E-state index in [0.717, 1.165) is 15.8 Å². The summed E-state index contributed by atoms with van der Waals surface area (Å²) < 4.78 is 17.6. The Balaban J connectivity index is 1.68. The van der Waals surface area contributed by atoms with Gasteiger partial charge in [0.1, 0.15) is 18.1 Å². The first-order valence-corrected chi connectivity index (χ1v) is 8.44. The SMILES string of the molecule is COc1ccc(OC[C@H]2OC(c3ccc(Br)cc3)=NN2C(C)=O)cc1. The number of rotatable bonds is 5. The predicted molar refractivity (Wildman–Crippen MR) is 96.6 cm³/mol. The summed E-state index contributed by atoms with van der Waals surface area (Å²) in [4.78, 5) is 11.8. The highest BCUT2D eigenvalue weighted by Crippen LogP contribution is 2.22. The molecule has 0 saturated carbocycles. The molecule has 1 heterocycles. The lowest BCUT2D eigenvalue weighted by molar-refractivity contribution is -0.136. The van der Waals surface area contributed by atoms with E-state index in [9.17, 15) is 4.79 Å². The second-order valence-corrected chi connectivity index (χ2v) is 6.25. The molecular formula is C18H17BrN2O4. The monoisotopic (exact) mass is 404 g/mol. The number of amides is 1. The average Bonchev–Trinajstić information content (AvgIpc) is 3.05. The lowest BCUT2D eigenvalue weighted by Gasteiger charge is -2.19. The quantitative estimate of drug-likeness (QED) is 0.765. The second-order valence-electron chi connectivity index (χ2n) is 5.33. The number of benzene rings is 2. The summed E-state index contributed by atoms with van der Waals surface area (Å²) >= 11 is 3.39. The molecule has 0 aliphatic carbocycles. The van der Waals surface area contributed by atoms with Gasteiger partial charge >= 0.3 is 0 Å². The maximum absolute atomic E-state index is 11.8. The Labute approximate surface area is 154 Å². The van der Waals surface area contributed by atoms with Gasteiger partial charge in [-0.25, -0.2) is 0 Å². The van der Waals surface area contributed by atoms with Gasteiger partial charge in [0.15, 0.2) is 0 Å². The molecule has 130 valence electrons. The fourth-order valence-corrected chi connectivity index (χ4v) is 2.56. The van der Waals surface area contributed by atoms with Gasteiger partial charge in [0.25, 0.3) is 0 Å². The molecule has 25 heavy (non-hydrogen) atoms. The van der Waals surface area contributed by atoms with E-state index in [1.807, 2.05) is 24.3 Å². The fourth-order valence-electron chi connectivity index (χ4n) is 2.30. The Morgan fingerprint density at radius 3 is 2.40 bits per heavy atom. The van der Waals surface area contributed by atoms with Gasteiger partial charge in [0.2, 0.25) is 18.0 Å². The third-order valence-electron chi connectivity index (χ3n) is 3.58. The predicted octanol–water partition coefficient (Wildman–Crippen LogP) is 3.40. The van der Waals surface area contributed by atoms with Gasteiger partial charge in [-0.2, -0.15) is 5.01 Å². The number of carbonyl (C=O) groups excluding carboxylic acids is 1. The van der Waals surface area contributed by atoms with Gasteiger partial charge in [-0.15, -0.1) is 5.10 Å². The van der Waals surface area contributed by atoms with Crippen LogP contribution in [0.1, 0.15) is 12.5 Å². The first-order chi connectivity index (χ1) is 12.1. The molecule has 1 aliphatic heterocycles. The van der Waals surface area contributed by atoms with Crippen LogP contribution < -0.4 is 9.47 Å². The molecule has 1 aliphatic rings. The standard InChI is InChI=1S/C18H17BrN2O4/c1-12(22)21-17(11-24-16-9-7-15(23-2)8-10-16)25-18(20-21)13-3-5-14(19)6-4-13/h3-10,17H,11H2,1-2H3/t17-/m1/s1. The highest BCUT2D eigenvalue weighted by atomic mass is 79.9. The molecule has 7 heteroatoms. The summed E-state index contributed by atoms with van der Waals surface area (Å²) in [5.41, 5.74) is 0.793. The minimum absolute atomic E-state index is 0.162. The summed E-state index contributed by atoms with van der Waals surface area (Å²) in [5.74, 6) is 1.59. The molecular weight excluding hydrogens is 388 g/mol. The maximum Gasteiger partial charge on any atom is 0.243 e. The number of methoxy groups -OCH3 is 1. The molecule has 0 bridgehead atoms. The largest absolute Gasteiger partial charge is 0.497 e. The van der Waals surface area contributed by atoms with E-state index >= 15 is 0 Å². The zero-order chi connectivity index (χ0) is 17.8.